The van der Waals surface area contributed by atoms with Crippen LogP contribution in [0.25, 0.3) is 0 Å². The second kappa shape index (κ2) is 11.6. The van der Waals surface area contributed by atoms with Crippen LogP contribution in [0.2, 0.25) is 0 Å². The Kier molecular flexibility index (Phi) is 8.95. The maximum atomic E-state index is 10.5. The van der Waals surface area contributed by atoms with E-state index in [4.69, 9.17) is 9.47 Å². The Morgan fingerprint density at radius 3 is 2.49 bits per heavy atom. The van der Waals surface area contributed by atoms with Crippen molar-refractivity contribution in [2.24, 2.45) is 46.3 Å². The Balaban J connectivity index is 1.23. The molecule has 224 valence electrons. The van der Waals surface area contributed by atoms with Gasteiger partial charge in [0.25, 0.3) is 0 Å². The molecule has 5 rings (SSSR count). The molecule has 4 N–H and O–H groups in total. The number of hydrogen-bond donors (Lipinski definition) is 4. The molecule has 0 radical (unpaired) electrons. The summed E-state index contributed by atoms with van der Waals surface area (Å²) in [5.41, 5.74) is 2.22. The zero-order valence-corrected chi connectivity index (χ0v) is 25.1. The molecule has 1 aliphatic heterocycles. The van der Waals surface area contributed by atoms with E-state index in [0.717, 1.165) is 54.8 Å². The van der Waals surface area contributed by atoms with Crippen LogP contribution in [0.1, 0.15) is 105 Å². The van der Waals surface area contributed by atoms with E-state index >= 15 is 0 Å². The van der Waals surface area contributed by atoms with Crippen LogP contribution in [0.4, 0.5) is 0 Å². The molecule has 0 bridgehead atoms. The fourth-order valence-electron chi connectivity index (χ4n) is 10.2. The lowest BCUT2D eigenvalue weighted by Gasteiger charge is -2.58. The number of rotatable bonds is 9. The van der Waals surface area contributed by atoms with Crippen LogP contribution in [0.5, 0.6) is 0 Å². The van der Waals surface area contributed by atoms with E-state index in [1.165, 1.54) is 56.9 Å². The fourth-order valence-corrected chi connectivity index (χ4v) is 10.2. The molecule has 0 aromatic heterocycles. The van der Waals surface area contributed by atoms with Crippen LogP contribution in [-0.2, 0) is 9.47 Å². The summed E-state index contributed by atoms with van der Waals surface area (Å²) in [4.78, 5) is 0. The molecule has 6 heteroatoms. The van der Waals surface area contributed by atoms with Gasteiger partial charge in [-0.3, -0.25) is 0 Å². The van der Waals surface area contributed by atoms with Gasteiger partial charge in [-0.1, -0.05) is 65.5 Å². The Labute approximate surface area is 236 Å². The highest BCUT2D eigenvalue weighted by atomic mass is 16.7. The molecule has 3 saturated carbocycles. The van der Waals surface area contributed by atoms with Gasteiger partial charge in [0.05, 0.1) is 12.7 Å². The van der Waals surface area contributed by atoms with Crippen LogP contribution in [0.3, 0.4) is 0 Å². The normalized spacial score (nSPS) is 47.3. The lowest BCUT2D eigenvalue weighted by atomic mass is 9.47. The summed E-state index contributed by atoms with van der Waals surface area (Å²) in [5, 5.41) is 40.0. The number of ether oxygens (including phenoxy) is 2. The molecular formula is C33H56O6. The van der Waals surface area contributed by atoms with Crippen molar-refractivity contribution >= 4 is 0 Å². The van der Waals surface area contributed by atoms with Gasteiger partial charge >= 0.3 is 0 Å². The van der Waals surface area contributed by atoms with Crippen molar-refractivity contribution in [1.82, 2.24) is 0 Å². The van der Waals surface area contributed by atoms with Gasteiger partial charge in [-0.25, -0.2) is 0 Å². The first kappa shape index (κ1) is 30.0. The largest absolute Gasteiger partial charge is 0.394 e. The fraction of sp³-hybridized carbons (Fsp3) is 0.939. The van der Waals surface area contributed by atoms with Gasteiger partial charge in [-0.05, 0) is 97.7 Å². The Hall–Kier alpha value is -0.500. The lowest BCUT2D eigenvalue weighted by Crippen LogP contribution is -2.51. The summed E-state index contributed by atoms with van der Waals surface area (Å²) >= 11 is 0. The van der Waals surface area contributed by atoms with Gasteiger partial charge in [0.15, 0.2) is 6.29 Å². The van der Waals surface area contributed by atoms with Gasteiger partial charge in [-0.15, -0.1) is 0 Å². The molecule has 39 heavy (non-hydrogen) atoms. The first-order valence-electron chi connectivity index (χ1n) is 16.1. The Bertz CT molecular complexity index is 874. The molecule has 13 atom stereocenters. The molecule has 0 amide bonds. The zero-order chi connectivity index (χ0) is 28.1. The highest BCUT2D eigenvalue weighted by Gasteiger charge is 2.59. The predicted molar refractivity (Wildman–Crippen MR) is 152 cm³/mol. The molecular weight excluding hydrogens is 492 g/mol. The molecule has 5 aliphatic rings. The third-order valence-corrected chi connectivity index (χ3v) is 12.4. The van der Waals surface area contributed by atoms with E-state index in [1.807, 2.05) is 0 Å². The molecule has 1 heterocycles. The molecule has 4 fully saturated rings. The predicted octanol–water partition coefficient (Wildman–Crippen LogP) is 5.21. The van der Waals surface area contributed by atoms with Crippen LogP contribution in [0, 0.1) is 46.3 Å². The SMILES string of the molecule is CC(C)CCC[C@@H](C)[C@H]1CC[C@H]2[C@@H]3CC=C4C[C@@H](O[C@@H]5O[C@@H]([C@H](O)CO)[C@H](O)[C@H]5O)CC[C@]4(C)[C@H]3CC[C@]12C. The number of aliphatic hydroxyl groups excluding tert-OH is 4. The van der Waals surface area contributed by atoms with Crippen LogP contribution >= 0.6 is 0 Å². The van der Waals surface area contributed by atoms with Gasteiger partial charge in [-0.2, -0.15) is 0 Å². The molecule has 4 aliphatic carbocycles. The van der Waals surface area contributed by atoms with Crippen molar-refractivity contribution in [1.29, 1.82) is 0 Å². The van der Waals surface area contributed by atoms with E-state index in [9.17, 15) is 20.4 Å². The second-order valence-electron chi connectivity index (χ2n) is 15.0. The first-order chi connectivity index (χ1) is 18.5. The number of aliphatic hydroxyl groups is 4. The standard InChI is InChI=1S/C33H56O6/c1-19(2)7-6-8-20(3)24-11-12-25-23-10-9-21-17-22(13-15-32(21,4)26(23)14-16-33(24,25)5)38-31-29(37)28(36)30(39-31)27(35)18-34/h9,19-20,22-31,34-37H,6-8,10-18H2,1-5H3/t20-,22+,23+,24-,25+,26+,27-,28-,29-,30+,31-,32+,33-/m1/s1. The maximum Gasteiger partial charge on any atom is 0.186 e. The van der Waals surface area contributed by atoms with Gasteiger partial charge in [0.2, 0.25) is 0 Å². The third-order valence-electron chi connectivity index (χ3n) is 12.4. The highest BCUT2D eigenvalue weighted by Crippen LogP contribution is 2.67. The number of allylic oxidation sites excluding steroid dienone is 1. The summed E-state index contributed by atoms with van der Waals surface area (Å²) in [7, 11) is 0. The van der Waals surface area contributed by atoms with Crippen LogP contribution < -0.4 is 0 Å². The minimum Gasteiger partial charge on any atom is -0.394 e. The van der Waals surface area contributed by atoms with Crippen molar-refractivity contribution in [3.8, 4) is 0 Å². The van der Waals surface area contributed by atoms with E-state index in [1.54, 1.807) is 0 Å². The average Bonchev–Trinajstić information content (AvgIpc) is 3.40. The monoisotopic (exact) mass is 548 g/mol. The summed E-state index contributed by atoms with van der Waals surface area (Å²) in [6, 6.07) is 0. The Morgan fingerprint density at radius 2 is 1.77 bits per heavy atom. The van der Waals surface area contributed by atoms with E-state index in [-0.39, 0.29) is 11.5 Å². The minimum absolute atomic E-state index is 0.0749. The van der Waals surface area contributed by atoms with Crippen molar-refractivity contribution < 1.29 is 29.9 Å². The van der Waals surface area contributed by atoms with Gasteiger partial charge in [0.1, 0.15) is 24.4 Å². The second-order valence-corrected chi connectivity index (χ2v) is 15.0. The molecule has 0 aromatic rings. The molecule has 0 unspecified atom stereocenters. The highest BCUT2D eigenvalue weighted by molar-refractivity contribution is 5.25. The molecule has 6 nitrogen and oxygen atoms in total. The summed E-state index contributed by atoms with van der Waals surface area (Å²) in [5.74, 6) is 4.89. The average molecular weight is 549 g/mol. The summed E-state index contributed by atoms with van der Waals surface area (Å²) < 4.78 is 11.9. The minimum atomic E-state index is -1.27. The van der Waals surface area contributed by atoms with Crippen molar-refractivity contribution in [3.63, 3.8) is 0 Å². The topological polar surface area (TPSA) is 99.4 Å². The van der Waals surface area contributed by atoms with E-state index in [2.05, 4.69) is 40.7 Å². The Morgan fingerprint density at radius 1 is 1.00 bits per heavy atom. The van der Waals surface area contributed by atoms with E-state index < -0.39 is 37.3 Å². The first-order valence-corrected chi connectivity index (χ1v) is 16.1. The summed E-state index contributed by atoms with van der Waals surface area (Å²) in [6.07, 6.45) is 10.4. The lowest BCUT2D eigenvalue weighted by molar-refractivity contribution is -0.208. The summed E-state index contributed by atoms with van der Waals surface area (Å²) in [6.45, 7) is 11.9. The van der Waals surface area contributed by atoms with Crippen LogP contribution in [0.15, 0.2) is 11.6 Å². The number of fused-ring (bicyclic) bond motifs is 5. The molecule has 0 aromatic carbocycles. The molecule has 0 spiro atoms. The number of hydrogen-bond acceptors (Lipinski definition) is 6. The quantitative estimate of drug-likeness (QED) is 0.295. The van der Waals surface area contributed by atoms with Gasteiger partial charge in [0, 0.05) is 0 Å². The zero-order valence-electron chi connectivity index (χ0n) is 25.1. The smallest absolute Gasteiger partial charge is 0.186 e. The maximum absolute atomic E-state index is 10.5. The van der Waals surface area contributed by atoms with Crippen LogP contribution in [-0.4, -0.2) is 63.8 Å². The van der Waals surface area contributed by atoms with E-state index in [0.29, 0.717) is 5.41 Å². The van der Waals surface area contributed by atoms with Crippen molar-refractivity contribution in [2.45, 2.75) is 142 Å². The van der Waals surface area contributed by atoms with Crippen molar-refractivity contribution in [2.75, 3.05) is 6.61 Å². The third kappa shape index (κ3) is 5.41. The van der Waals surface area contributed by atoms with Crippen molar-refractivity contribution in [3.05, 3.63) is 11.6 Å². The molecule has 1 saturated heterocycles. The van der Waals surface area contributed by atoms with Gasteiger partial charge < -0.3 is 29.9 Å².